The van der Waals surface area contributed by atoms with E-state index in [2.05, 4.69) is 40.2 Å². The zero-order valence-corrected chi connectivity index (χ0v) is 12.2. The zero-order valence-electron chi connectivity index (χ0n) is 10.6. The number of hydrogen-bond acceptors (Lipinski definition) is 2. The van der Waals surface area contributed by atoms with E-state index in [1.54, 1.807) is 0 Å². The summed E-state index contributed by atoms with van der Waals surface area (Å²) in [5, 5.41) is 3.65. The zero-order chi connectivity index (χ0) is 13.0. The summed E-state index contributed by atoms with van der Waals surface area (Å²) in [6, 6.07) is 6.89. The van der Waals surface area contributed by atoms with Crippen LogP contribution in [0, 0.1) is 12.3 Å². The molecular weight excluding hydrogens is 290 g/mol. The molecule has 2 atom stereocenters. The maximum absolute atomic E-state index is 5.68. The van der Waals surface area contributed by atoms with Gasteiger partial charge in [0.1, 0.15) is 5.75 Å². The van der Waals surface area contributed by atoms with Crippen LogP contribution in [0.1, 0.15) is 37.8 Å². The first kappa shape index (κ1) is 13.5. The van der Waals surface area contributed by atoms with Gasteiger partial charge < -0.3 is 10.1 Å². The summed E-state index contributed by atoms with van der Waals surface area (Å²) in [6.07, 6.45) is 8.22. The number of hydrogen-bond donors (Lipinski definition) is 1. The Morgan fingerprint density at radius 2 is 2.44 bits per heavy atom. The van der Waals surface area contributed by atoms with Crippen LogP contribution in [0.4, 0.5) is 0 Å². The Hall–Kier alpha value is -0.980. The maximum atomic E-state index is 5.68. The van der Waals surface area contributed by atoms with Crippen molar-refractivity contribution >= 4 is 15.9 Å². The molecule has 1 aliphatic heterocycles. The number of ether oxygens (including phenoxy) is 1. The Labute approximate surface area is 117 Å². The molecule has 0 saturated heterocycles. The molecule has 0 aliphatic carbocycles. The van der Waals surface area contributed by atoms with Gasteiger partial charge in [-0.3, -0.25) is 0 Å². The average molecular weight is 308 g/mol. The van der Waals surface area contributed by atoms with Crippen molar-refractivity contribution in [2.24, 2.45) is 0 Å². The molecular formula is C15H18BrNO. The Bertz CT molecular complexity index is 452. The van der Waals surface area contributed by atoms with Crippen LogP contribution in [0.5, 0.6) is 5.75 Å². The first-order valence-electron chi connectivity index (χ1n) is 6.36. The van der Waals surface area contributed by atoms with E-state index in [0.717, 1.165) is 36.1 Å². The van der Waals surface area contributed by atoms with Crippen molar-refractivity contribution in [1.29, 1.82) is 0 Å². The molecule has 0 bridgehead atoms. The second-order valence-corrected chi connectivity index (χ2v) is 5.47. The molecule has 3 heteroatoms. The molecule has 96 valence electrons. The third kappa shape index (κ3) is 3.07. The fourth-order valence-corrected chi connectivity index (χ4v) is 2.67. The normalized spacial score (nSPS) is 19.5. The minimum absolute atomic E-state index is 0.338. The lowest BCUT2D eigenvalue weighted by atomic mass is 9.98. The van der Waals surface area contributed by atoms with E-state index in [1.165, 1.54) is 5.56 Å². The minimum Gasteiger partial charge on any atom is -0.493 e. The molecule has 1 aromatic rings. The van der Waals surface area contributed by atoms with Crippen LogP contribution in [0.15, 0.2) is 22.7 Å². The standard InChI is InChI=1S/C15H18BrNO/c1-3-5-12(4-2)17-14-8-9-18-15-7-6-11(16)10-13(14)15/h1,6-7,10,12,14,17H,4-5,8-9H2,2H3. The van der Waals surface area contributed by atoms with Gasteiger partial charge in [-0.05, 0) is 24.6 Å². The molecule has 1 aromatic carbocycles. The summed E-state index contributed by atoms with van der Waals surface area (Å²) < 4.78 is 6.77. The number of fused-ring (bicyclic) bond motifs is 1. The van der Waals surface area contributed by atoms with Gasteiger partial charge in [-0.1, -0.05) is 22.9 Å². The Kier molecular flexibility index (Phi) is 4.68. The first-order chi connectivity index (χ1) is 8.74. The highest BCUT2D eigenvalue weighted by atomic mass is 79.9. The van der Waals surface area contributed by atoms with Crippen LogP contribution in [0.25, 0.3) is 0 Å². The van der Waals surface area contributed by atoms with Gasteiger partial charge in [0.05, 0.1) is 6.61 Å². The molecule has 2 unspecified atom stereocenters. The van der Waals surface area contributed by atoms with Crippen LogP contribution in [0.2, 0.25) is 0 Å². The molecule has 1 aliphatic rings. The van der Waals surface area contributed by atoms with Gasteiger partial charge in [-0.25, -0.2) is 0 Å². The third-order valence-electron chi connectivity index (χ3n) is 3.31. The van der Waals surface area contributed by atoms with E-state index in [1.807, 2.05) is 12.1 Å². The lowest BCUT2D eigenvalue weighted by Gasteiger charge is -2.30. The van der Waals surface area contributed by atoms with Gasteiger partial charge in [0.2, 0.25) is 0 Å². The molecule has 1 heterocycles. The van der Waals surface area contributed by atoms with E-state index in [4.69, 9.17) is 11.2 Å². The van der Waals surface area contributed by atoms with Crippen molar-refractivity contribution in [3.05, 3.63) is 28.2 Å². The molecule has 0 fully saturated rings. The molecule has 18 heavy (non-hydrogen) atoms. The van der Waals surface area contributed by atoms with Gasteiger partial charge in [-0.15, -0.1) is 12.3 Å². The summed E-state index contributed by atoms with van der Waals surface area (Å²) in [5.74, 6) is 3.72. The Morgan fingerprint density at radius 3 is 3.17 bits per heavy atom. The largest absolute Gasteiger partial charge is 0.493 e. The fourth-order valence-electron chi connectivity index (χ4n) is 2.29. The van der Waals surface area contributed by atoms with E-state index < -0.39 is 0 Å². The number of terminal acetylenes is 1. The quantitative estimate of drug-likeness (QED) is 0.857. The molecule has 2 rings (SSSR count). The van der Waals surface area contributed by atoms with Gasteiger partial charge >= 0.3 is 0 Å². The summed E-state index contributed by atoms with van der Waals surface area (Å²) in [6.45, 7) is 2.93. The molecule has 0 saturated carbocycles. The van der Waals surface area contributed by atoms with Crippen LogP contribution in [-0.4, -0.2) is 12.6 Å². The van der Waals surface area contributed by atoms with Crippen LogP contribution >= 0.6 is 15.9 Å². The summed E-state index contributed by atoms with van der Waals surface area (Å²) >= 11 is 3.52. The number of benzene rings is 1. The SMILES string of the molecule is C#CCC(CC)NC1CCOc2ccc(Br)cc21. The average Bonchev–Trinajstić information content (AvgIpc) is 2.38. The van der Waals surface area contributed by atoms with Gasteiger partial charge in [-0.2, -0.15) is 0 Å². The smallest absolute Gasteiger partial charge is 0.124 e. The summed E-state index contributed by atoms with van der Waals surface area (Å²) in [7, 11) is 0. The first-order valence-corrected chi connectivity index (χ1v) is 7.15. The number of halogens is 1. The van der Waals surface area contributed by atoms with Crippen molar-refractivity contribution in [2.75, 3.05) is 6.61 Å². The number of rotatable bonds is 4. The topological polar surface area (TPSA) is 21.3 Å². The second-order valence-electron chi connectivity index (χ2n) is 4.55. The van der Waals surface area contributed by atoms with Gasteiger partial charge in [0.15, 0.2) is 0 Å². The number of nitrogens with one attached hydrogen (secondary N) is 1. The van der Waals surface area contributed by atoms with Crippen molar-refractivity contribution in [3.63, 3.8) is 0 Å². The third-order valence-corrected chi connectivity index (χ3v) is 3.80. The Balaban J connectivity index is 2.16. The van der Waals surface area contributed by atoms with Crippen LogP contribution in [-0.2, 0) is 0 Å². The van der Waals surface area contributed by atoms with Crippen molar-refractivity contribution < 1.29 is 4.74 Å². The van der Waals surface area contributed by atoms with Crippen molar-refractivity contribution in [1.82, 2.24) is 5.32 Å². The van der Waals surface area contributed by atoms with Gasteiger partial charge in [0.25, 0.3) is 0 Å². The Morgan fingerprint density at radius 1 is 1.61 bits per heavy atom. The van der Waals surface area contributed by atoms with Crippen LogP contribution < -0.4 is 10.1 Å². The van der Waals surface area contributed by atoms with Crippen molar-refractivity contribution in [2.45, 2.75) is 38.3 Å². The predicted octanol–water partition coefficient (Wildman–Crippen LogP) is 3.66. The molecule has 0 aromatic heterocycles. The van der Waals surface area contributed by atoms with E-state index >= 15 is 0 Å². The summed E-state index contributed by atoms with van der Waals surface area (Å²) in [5.41, 5.74) is 1.23. The molecule has 0 spiro atoms. The molecule has 0 radical (unpaired) electrons. The van der Waals surface area contributed by atoms with Gasteiger partial charge in [0, 0.05) is 35.0 Å². The molecule has 0 amide bonds. The highest BCUT2D eigenvalue weighted by Crippen LogP contribution is 2.34. The molecule has 1 N–H and O–H groups in total. The van der Waals surface area contributed by atoms with Crippen molar-refractivity contribution in [3.8, 4) is 18.1 Å². The van der Waals surface area contributed by atoms with E-state index in [-0.39, 0.29) is 0 Å². The van der Waals surface area contributed by atoms with E-state index in [9.17, 15) is 0 Å². The molecule has 2 nitrogen and oxygen atoms in total. The summed E-state index contributed by atoms with van der Waals surface area (Å²) in [4.78, 5) is 0. The lowest BCUT2D eigenvalue weighted by molar-refractivity contribution is 0.243. The maximum Gasteiger partial charge on any atom is 0.124 e. The monoisotopic (exact) mass is 307 g/mol. The van der Waals surface area contributed by atoms with E-state index in [0.29, 0.717) is 12.1 Å². The second kappa shape index (κ2) is 6.26. The highest BCUT2D eigenvalue weighted by Gasteiger charge is 2.23. The lowest BCUT2D eigenvalue weighted by Crippen LogP contribution is -2.35. The minimum atomic E-state index is 0.338. The predicted molar refractivity (Wildman–Crippen MR) is 77.7 cm³/mol. The van der Waals surface area contributed by atoms with Crippen LogP contribution in [0.3, 0.4) is 0 Å². The highest BCUT2D eigenvalue weighted by molar-refractivity contribution is 9.10. The fraction of sp³-hybridized carbons (Fsp3) is 0.467.